The number of fused-ring (bicyclic) bond motifs is 5. The fraction of sp³-hybridized carbons (Fsp3) is 0.459. The summed E-state index contributed by atoms with van der Waals surface area (Å²) in [5.74, 6) is -0.121. The number of carbonyl (C=O) groups is 1. The van der Waals surface area contributed by atoms with E-state index in [1.807, 2.05) is 33.8 Å². The molecular weight excluding hydrogens is 578 g/mol. The lowest BCUT2D eigenvalue weighted by molar-refractivity contribution is -0.140. The van der Waals surface area contributed by atoms with Crippen LogP contribution in [0, 0.1) is 11.8 Å². The molecule has 242 valence electrons. The molecule has 0 aromatic carbocycles. The molecule has 5 heterocycles. The predicted molar refractivity (Wildman–Crippen MR) is 182 cm³/mol. The minimum Gasteiger partial charge on any atom is -0.469 e. The molecule has 0 unspecified atom stereocenters. The number of aliphatic hydroxyl groups excluding tert-OH is 1. The normalized spacial score (nSPS) is 24.0. The zero-order valence-corrected chi connectivity index (χ0v) is 28.4. The molecule has 0 aromatic heterocycles. The van der Waals surface area contributed by atoms with Crippen molar-refractivity contribution in [1.29, 1.82) is 0 Å². The first kappa shape index (κ1) is 31.9. The highest BCUT2D eigenvalue weighted by atomic mass is 16.7. The van der Waals surface area contributed by atoms with Gasteiger partial charge < -0.3 is 15.2 Å². The number of aliphatic imine (C=N–C) groups is 3. The summed E-state index contributed by atoms with van der Waals surface area (Å²) in [7, 11) is 1.43. The van der Waals surface area contributed by atoms with Gasteiger partial charge in [0, 0.05) is 52.8 Å². The molecule has 3 N–H and O–H groups in total. The second kappa shape index (κ2) is 11.9. The highest BCUT2D eigenvalue weighted by Crippen LogP contribution is 2.46. The first-order valence-electron chi connectivity index (χ1n) is 16.2. The third kappa shape index (κ3) is 5.49. The van der Waals surface area contributed by atoms with Gasteiger partial charge in [-0.2, -0.15) is 0 Å². The highest BCUT2D eigenvalue weighted by molar-refractivity contribution is 6.21. The predicted octanol–water partition coefficient (Wildman–Crippen LogP) is 6.37. The van der Waals surface area contributed by atoms with Crippen molar-refractivity contribution in [2.24, 2.45) is 26.8 Å². The van der Waals surface area contributed by atoms with Crippen LogP contribution in [0.3, 0.4) is 0 Å². The molecule has 6 aliphatic rings. The Bertz CT molecular complexity index is 1780. The molecule has 6 rings (SSSR count). The third-order valence-electron chi connectivity index (χ3n) is 9.73. The van der Waals surface area contributed by atoms with Crippen molar-refractivity contribution in [1.82, 2.24) is 10.8 Å². The van der Waals surface area contributed by atoms with E-state index >= 15 is 0 Å². The van der Waals surface area contributed by atoms with Crippen molar-refractivity contribution < 1.29 is 19.5 Å². The summed E-state index contributed by atoms with van der Waals surface area (Å²) in [5, 5.41) is 14.2. The maximum absolute atomic E-state index is 12.3. The largest absolute Gasteiger partial charge is 0.469 e. The molecule has 0 spiro atoms. The molecule has 9 nitrogen and oxygen atoms in total. The number of hydrogen-bond acceptors (Lipinski definition) is 9. The van der Waals surface area contributed by atoms with Gasteiger partial charge in [0.1, 0.15) is 0 Å². The first-order valence-corrected chi connectivity index (χ1v) is 16.2. The van der Waals surface area contributed by atoms with Crippen LogP contribution in [0.4, 0.5) is 0 Å². The van der Waals surface area contributed by atoms with Crippen molar-refractivity contribution in [3.63, 3.8) is 0 Å². The van der Waals surface area contributed by atoms with Gasteiger partial charge in [-0.15, -0.1) is 0 Å². The summed E-state index contributed by atoms with van der Waals surface area (Å²) in [6.07, 6.45) is 8.57. The van der Waals surface area contributed by atoms with Gasteiger partial charge >= 0.3 is 5.97 Å². The lowest BCUT2D eigenvalue weighted by Crippen LogP contribution is -2.28. The number of nitrogens with one attached hydrogen (secondary N) is 2. The number of nitrogens with zero attached hydrogens (tertiary/aromatic N) is 3. The summed E-state index contributed by atoms with van der Waals surface area (Å²) in [4.78, 5) is 33.8. The lowest BCUT2D eigenvalue weighted by Gasteiger charge is -2.21. The smallest absolute Gasteiger partial charge is 0.305 e. The van der Waals surface area contributed by atoms with E-state index in [9.17, 15) is 9.90 Å². The first-order chi connectivity index (χ1) is 21.8. The Hall–Kier alpha value is -4.08. The second-order valence-corrected chi connectivity index (χ2v) is 13.7. The topological polar surface area (TPSA) is 117 Å². The quantitative estimate of drug-likeness (QED) is 0.224. The monoisotopic (exact) mass is 623 g/mol. The number of rotatable bonds is 7. The molecule has 0 radical (unpaired) electrons. The minimum atomic E-state index is -0.394. The summed E-state index contributed by atoms with van der Waals surface area (Å²) in [6.45, 7) is 16.5. The standard InChI is InChI=1S/C37H45N5O4/c1-10-22-18(2)27-15-31-25(17-43)20(4)26(39-31)14-28-19(3)23(11-12-33(44)45-9)35(40-28)24-13-32(42-46-37(6,7)8)34-21(5)29(41-36(24)34)16-30(22)38-27/h14-16,19,23,40,42-43H,10-13,17H2,1-9H3/t19-,23-/m0/s1. The van der Waals surface area contributed by atoms with E-state index in [4.69, 9.17) is 24.6 Å². The van der Waals surface area contributed by atoms with Gasteiger partial charge in [-0.05, 0) is 94.9 Å². The maximum atomic E-state index is 12.3. The molecule has 0 aromatic rings. The van der Waals surface area contributed by atoms with Crippen molar-refractivity contribution in [3.05, 3.63) is 91.4 Å². The van der Waals surface area contributed by atoms with Crippen molar-refractivity contribution in [2.45, 2.75) is 86.7 Å². The molecule has 8 bridgehead atoms. The molecule has 0 amide bonds. The van der Waals surface area contributed by atoms with E-state index in [0.29, 0.717) is 19.3 Å². The molecule has 5 aliphatic heterocycles. The Balaban J connectivity index is 1.59. The van der Waals surface area contributed by atoms with Gasteiger partial charge in [0.25, 0.3) is 0 Å². The highest BCUT2D eigenvalue weighted by Gasteiger charge is 2.41. The van der Waals surface area contributed by atoms with Gasteiger partial charge in [0.2, 0.25) is 0 Å². The Morgan fingerprint density at radius 1 is 1.02 bits per heavy atom. The zero-order chi connectivity index (χ0) is 33.1. The van der Waals surface area contributed by atoms with Crippen LogP contribution < -0.4 is 10.8 Å². The van der Waals surface area contributed by atoms with Crippen LogP contribution in [-0.2, 0) is 14.4 Å². The fourth-order valence-corrected chi connectivity index (χ4v) is 7.06. The Morgan fingerprint density at radius 2 is 1.70 bits per heavy atom. The number of methoxy groups -OCH3 is 1. The third-order valence-corrected chi connectivity index (χ3v) is 9.73. The zero-order valence-electron chi connectivity index (χ0n) is 28.4. The van der Waals surface area contributed by atoms with Crippen molar-refractivity contribution >= 4 is 23.1 Å². The van der Waals surface area contributed by atoms with Crippen LogP contribution in [0.2, 0.25) is 0 Å². The molecular formula is C37H45N5O4. The number of esters is 1. The van der Waals surface area contributed by atoms with Gasteiger partial charge in [0.15, 0.2) is 0 Å². The molecule has 2 atom stereocenters. The van der Waals surface area contributed by atoms with Gasteiger partial charge in [-0.25, -0.2) is 15.0 Å². The van der Waals surface area contributed by atoms with Crippen molar-refractivity contribution in [2.75, 3.05) is 13.7 Å². The Labute approximate surface area is 271 Å². The van der Waals surface area contributed by atoms with Crippen LogP contribution in [-0.4, -0.2) is 47.5 Å². The van der Waals surface area contributed by atoms with Gasteiger partial charge in [-0.1, -0.05) is 13.8 Å². The number of ether oxygens (including phenoxy) is 1. The van der Waals surface area contributed by atoms with Gasteiger partial charge in [-0.3, -0.25) is 15.1 Å². The molecule has 1 fully saturated rings. The molecule has 1 saturated heterocycles. The SMILES string of the molecule is CCC1=C(C)C2=NC1=CC1=C(C)C3=C(NOC(C)(C)C)CC(=C4NC(=CC5=NC(=C2)C(CO)=C5C)[C@@H](C)[C@@H]4CCC(=O)OC)C3=N1. The average molecular weight is 624 g/mol. The van der Waals surface area contributed by atoms with Gasteiger partial charge in [0.05, 0.1) is 59.2 Å². The van der Waals surface area contributed by atoms with Crippen LogP contribution in [0.1, 0.15) is 81.1 Å². The van der Waals surface area contributed by atoms with E-state index < -0.39 is 5.60 Å². The van der Waals surface area contributed by atoms with Crippen LogP contribution in [0.5, 0.6) is 0 Å². The van der Waals surface area contributed by atoms with E-state index in [2.05, 4.69) is 50.6 Å². The van der Waals surface area contributed by atoms with Crippen LogP contribution in [0.25, 0.3) is 0 Å². The van der Waals surface area contributed by atoms with E-state index in [0.717, 1.165) is 91.2 Å². The van der Waals surface area contributed by atoms with E-state index in [1.165, 1.54) is 12.7 Å². The average Bonchev–Trinajstić information content (AvgIpc) is 3.76. The molecule has 0 saturated carbocycles. The van der Waals surface area contributed by atoms with Crippen LogP contribution >= 0.6 is 0 Å². The maximum Gasteiger partial charge on any atom is 0.305 e. The lowest BCUT2D eigenvalue weighted by atomic mass is 9.86. The molecule has 9 heteroatoms. The molecule has 1 aliphatic carbocycles. The number of hydroxylamine groups is 1. The Kier molecular flexibility index (Phi) is 8.27. The summed E-state index contributed by atoms with van der Waals surface area (Å²) >= 11 is 0. The van der Waals surface area contributed by atoms with E-state index in [1.54, 1.807) is 0 Å². The van der Waals surface area contributed by atoms with E-state index in [-0.39, 0.29) is 24.4 Å². The molecule has 46 heavy (non-hydrogen) atoms. The summed E-state index contributed by atoms with van der Waals surface area (Å²) in [6, 6.07) is 0. The number of hydrogen-bond donors (Lipinski definition) is 3. The van der Waals surface area contributed by atoms with Crippen molar-refractivity contribution in [3.8, 4) is 0 Å². The summed E-state index contributed by atoms with van der Waals surface area (Å²) in [5.41, 5.74) is 18.3. The second-order valence-electron chi connectivity index (χ2n) is 13.7. The minimum absolute atomic E-state index is 0.0306. The van der Waals surface area contributed by atoms with Crippen LogP contribution in [0.15, 0.2) is 106 Å². The Morgan fingerprint density at radius 3 is 2.35 bits per heavy atom. The number of aliphatic hydroxyl groups is 1. The number of carbonyl (C=O) groups excluding carboxylic acids is 1. The summed E-state index contributed by atoms with van der Waals surface area (Å²) < 4.78 is 5.03. The number of allylic oxidation sites excluding steroid dienone is 11. The fourth-order valence-electron chi connectivity index (χ4n) is 7.06.